The molecule has 5 nitrogen and oxygen atoms in total. The standard InChI is InChI=1S/C22H25FN2O3/c1-14-4-5-15(2)18(12-14)20(26)8-9-21(27)24-10-11-25-22(28)17-7-6-16(3)19(23)13-17/h4-7,12-13H,8-11H2,1-3H3,(H,24,27)(H,25,28). The smallest absolute Gasteiger partial charge is 0.251 e. The second-order valence-electron chi connectivity index (χ2n) is 6.81. The number of hydrogen-bond donors (Lipinski definition) is 2. The van der Waals surface area contributed by atoms with Crippen molar-refractivity contribution in [3.63, 3.8) is 0 Å². The molecule has 0 aliphatic heterocycles. The van der Waals surface area contributed by atoms with Crippen LogP contribution in [0.3, 0.4) is 0 Å². The highest BCUT2D eigenvalue weighted by molar-refractivity contribution is 5.99. The Morgan fingerprint density at radius 1 is 0.857 bits per heavy atom. The predicted octanol–water partition coefficient (Wildman–Crippen LogP) is 3.26. The second kappa shape index (κ2) is 9.78. The molecule has 0 radical (unpaired) electrons. The Kier molecular flexibility index (Phi) is 7.44. The average Bonchev–Trinajstić information content (AvgIpc) is 2.67. The van der Waals surface area contributed by atoms with Crippen molar-refractivity contribution in [2.75, 3.05) is 13.1 Å². The zero-order chi connectivity index (χ0) is 20.7. The van der Waals surface area contributed by atoms with Crippen molar-refractivity contribution in [1.29, 1.82) is 0 Å². The van der Waals surface area contributed by atoms with Crippen LogP contribution in [-0.2, 0) is 4.79 Å². The first kappa shape index (κ1) is 21.3. The lowest BCUT2D eigenvalue weighted by molar-refractivity contribution is -0.121. The molecule has 0 aliphatic carbocycles. The third-order valence-corrected chi connectivity index (χ3v) is 4.44. The van der Waals surface area contributed by atoms with Gasteiger partial charge in [-0.05, 0) is 50.1 Å². The van der Waals surface area contributed by atoms with Crippen LogP contribution in [0.25, 0.3) is 0 Å². The van der Waals surface area contributed by atoms with E-state index in [0.29, 0.717) is 11.1 Å². The van der Waals surface area contributed by atoms with Crippen molar-refractivity contribution in [3.05, 3.63) is 70.0 Å². The average molecular weight is 384 g/mol. The molecule has 0 bridgehead atoms. The molecule has 0 aliphatic rings. The lowest BCUT2D eigenvalue weighted by atomic mass is 9.99. The number of aryl methyl sites for hydroxylation is 3. The molecule has 2 aromatic rings. The van der Waals surface area contributed by atoms with E-state index >= 15 is 0 Å². The number of rotatable bonds is 8. The summed E-state index contributed by atoms with van der Waals surface area (Å²) in [6.45, 7) is 5.86. The summed E-state index contributed by atoms with van der Waals surface area (Å²) in [6, 6.07) is 9.94. The molecule has 0 saturated carbocycles. The molecule has 148 valence electrons. The van der Waals surface area contributed by atoms with Crippen LogP contribution in [0.2, 0.25) is 0 Å². The highest BCUT2D eigenvalue weighted by atomic mass is 19.1. The van der Waals surface area contributed by atoms with Crippen molar-refractivity contribution >= 4 is 17.6 Å². The molecule has 2 rings (SSSR count). The lowest BCUT2D eigenvalue weighted by Crippen LogP contribution is -2.34. The minimum absolute atomic E-state index is 0.0638. The maximum atomic E-state index is 13.5. The van der Waals surface area contributed by atoms with Crippen molar-refractivity contribution in [1.82, 2.24) is 10.6 Å². The van der Waals surface area contributed by atoms with Gasteiger partial charge in [-0.1, -0.05) is 23.8 Å². The molecule has 0 atom stereocenters. The monoisotopic (exact) mass is 384 g/mol. The topological polar surface area (TPSA) is 75.3 Å². The summed E-state index contributed by atoms with van der Waals surface area (Å²) in [4.78, 5) is 36.1. The van der Waals surface area contributed by atoms with E-state index in [1.165, 1.54) is 6.07 Å². The zero-order valence-electron chi connectivity index (χ0n) is 16.4. The van der Waals surface area contributed by atoms with Gasteiger partial charge in [-0.15, -0.1) is 0 Å². The molecule has 28 heavy (non-hydrogen) atoms. The molecule has 2 aromatic carbocycles. The largest absolute Gasteiger partial charge is 0.354 e. The summed E-state index contributed by atoms with van der Waals surface area (Å²) in [5.41, 5.74) is 3.24. The van der Waals surface area contributed by atoms with Crippen LogP contribution in [0.1, 0.15) is 50.2 Å². The van der Waals surface area contributed by atoms with Gasteiger partial charge in [0.05, 0.1) is 0 Å². The summed E-state index contributed by atoms with van der Waals surface area (Å²) in [6.07, 6.45) is 0.217. The zero-order valence-corrected chi connectivity index (χ0v) is 16.4. The Bertz CT molecular complexity index is 893. The van der Waals surface area contributed by atoms with Gasteiger partial charge in [-0.25, -0.2) is 4.39 Å². The molecule has 6 heteroatoms. The van der Waals surface area contributed by atoms with Crippen LogP contribution >= 0.6 is 0 Å². The van der Waals surface area contributed by atoms with Crippen molar-refractivity contribution in [3.8, 4) is 0 Å². The number of hydrogen-bond acceptors (Lipinski definition) is 3. The Morgan fingerprint density at radius 2 is 1.54 bits per heavy atom. The van der Waals surface area contributed by atoms with Crippen molar-refractivity contribution < 1.29 is 18.8 Å². The van der Waals surface area contributed by atoms with Crippen molar-refractivity contribution in [2.45, 2.75) is 33.6 Å². The minimum Gasteiger partial charge on any atom is -0.354 e. The first-order valence-electron chi connectivity index (χ1n) is 9.19. The van der Waals surface area contributed by atoms with E-state index < -0.39 is 11.7 Å². The van der Waals surface area contributed by atoms with E-state index in [9.17, 15) is 18.8 Å². The van der Waals surface area contributed by atoms with Gasteiger partial charge >= 0.3 is 0 Å². The fourth-order valence-corrected chi connectivity index (χ4v) is 2.70. The quantitative estimate of drug-likeness (QED) is 0.542. The SMILES string of the molecule is Cc1ccc(C)c(C(=O)CCC(=O)NCCNC(=O)c2ccc(C)c(F)c2)c1. The van der Waals surface area contributed by atoms with Crippen LogP contribution < -0.4 is 10.6 Å². The molecule has 0 spiro atoms. The lowest BCUT2D eigenvalue weighted by Gasteiger charge is -2.09. The van der Waals surface area contributed by atoms with E-state index in [-0.39, 0.29) is 43.2 Å². The Morgan fingerprint density at radius 3 is 2.25 bits per heavy atom. The summed E-state index contributed by atoms with van der Waals surface area (Å²) in [7, 11) is 0. The number of ketones is 1. The van der Waals surface area contributed by atoms with Gasteiger partial charge in [0.1, 0.15) is 5.82 Å². The van der Waals surface area contributed by atoms with Gasteiger partial charge in [0.25, 0.3) is 5.91 Å². The first-order chi connectivity index (χ1) is 13.3. The van der Waals surface area contributed by atoms with Crippen LogP contribution in [0.4, 0.5) is 4.39 Å². The van der Waals surface area contributed by atoms with E-state index in [2.05, 4.69) is 10.6 Å². The number of carbonyl (C=O) groups excluding carboxylic acids is 3. The minimum atomic E-state index is -0.436. The fraction of sp³-hybridized carbons (Fsp3) is 0.318. The Hall–Kier alpha value is -3.02. The first-order valence-corrected chi connectivity index (χ1v) is 9.19. The van der Waals surface area contributed by atoms with Crippen LogP contribution in [0, 0.1) is 26.6 Å². The number of carbonyl (C=O) groups is 3. The second-order valence-corrected chi connectivity index (χ2v) is 6.81. The van der Waals surface area contributed by atoms with E-state index in [1.807, 2.05) is 32.0 Å². The number of benzene rings is 2. The van der Waals surface area contributed by atoms with Crippen molar-refractivity contribution in [2.24, 2.45) is 0 Å². The molecule has 0 aromatic heterocycles. The van der Waals surface area contributed by atoms with Crippen LogP contribution in [0.5, 0.6) is 0 Å². The predicted molar refractivity (Wildman–Crippen MR) is 106 cm³/mol. The van der Waals surface area contributed by atoms with Gasteiger partial charge in [0.2, 0.25) is 5.91 Å². The number of Topliss-reactive ketones (excluding diaryl/α,β-unsaturated/α-hetero) is 1. The fourth-order valence-electron chi connectivity index (χ4n) is 2.70. The Labute approximate surface area is 164 Å². The highest BCUT2D eigenvalue weighted by Gasteiger charge is 2.12. The van der Waals surface area contributed by atoms with E-state index in [4.69, 9.17) is 0 Å². The summed E-state index contributed by atoms with van der Waals surface area (Å²) >= 11 is 0. The third kappa shape index (κ3) is 6.01. The van der Waals surface area contributed by atoms with Crippen LogP contribution in [-0.4, -0.2) is 30.7 Å². The maximum absolute atomic E-state index is 13.5. The molecular formula is C22H25FN2O3. The molecule has 0 saturated heterocycles. The summed E-state index contributed by atoms with van der Waals surface area (Å²) < 4.78 is 13.5. The van der Waals surface area contributed by atoms with E-state index in [0.717, 1.165) is 11.1 Å². The highest BCUT2D eigenvalue weighted by Crippen LogP contribution is 2.14. The van der Waals surface area contributed by atoms with E-state index in [1.54, 1.807) is 19.1 Å². The molecular weight excluding hydrogens is 359 g/mol. The number of amides is 2. The summed E-state index contributed by atoms with van der Waals surface area (Å²) in [5.74, 6) is -1.16. The summed E-state index contributed by atoms with van der Waals surface area (Å²) in [5, 5.41) is 5.28. The molecule has 0 unspecified atom stereocenters. The van der Waals surface area contributed by atoms with Gasteiger partial charge in [0.15, 0.2) is 5.78 Å². The normalized spacial score (nSPS) is 10.4. The molecule has 2 amide bonds. The molecule has 0 fully saturated rings. The van der Waals surface area contributed by atoms with Gasteiger partial charge in [-0.3, -0.25) is 14.4 Å². The molecule has 2 N–H and O–H groups in total. The maximum Gasteiger partial charge on any atom is 0.251 e. The van der Waals surface area contributed by atoms with Gasteiger partial charge in [-0.2, -0.15) is 0 Å². The van der Waals surface area contributed by atoms with Crippen LogP contribution in [0.15, 0.2) is 36.4 Å². The number of nitrogens with one attached hydrogen (secondary N) is 2. The van der Waals surface area contributed by atoms with Gasteiger partial charge < -0.3 is 10.6 Å². The number of halogens is 1. The Balaban J connectivity index is 1.71. The third-order valence-electron chi connectivity index (χ3n) is 4.44. The van der Waals surface area contributed by atoms with Gasteiger partial charge in [0, 0.05) is 37.1 Å². The molecule has 0 heterocycles.